The molecule has 0 aromatic carbocycles. The quantitative estimate of drug-likeness (QED) is 0.0414. The van der Waals surface area contributed by atoms with Gasteiger partial charge in [0.15, 0.2) is 0 Å². The Morgan fingerprint density at radius 2 is 0.848 bits per heavy atom. The summed E-state index contributed by atoms with van der Waals surface area (Å²) in [5.74, 6) is -0.798. The molecule has 0 rings (SSSR count). The highest BCUT2D eigenvalue weighted by Gasteiger charge is 2.14. The SMILES string of the molecule is CCCCC/C=C\C/C=C\CCCCCCCCCCCC(=O)OC(CCCCCCCCCCCCCC)CCCCC(=O)O. The predicted molar refractivity (Wildman–Crippen MR) is 200 cm³/mol. The number of hydrogen-bond donors (Lipinski definition) is 1. The summed E-state index contributed by atoms with van der Waals surface area (Å²) in [4.78, 5) is 23.4. The number of allylic oxidation sites excluding steroid dienone is 4. The van der Waals surface area contributed by atoms with Gasteiger partial charge < -0.3 is 9.84 Å². The summed E-state index contributed by atoms with van der Waals surface area (Å²) in [6.07, 6.45) is 47.6. The molecule has 1 unspecified atom stereocenters. The van der Waals surface area contributed by atoms with Gasteiger partial charge in [-0.25, -0.2) is 0 Å². The zero-order chi connectivity index (χ0) is 33.6. The summed E-state index contributed by atoms with van der Waals surface area (Å²) in [6.45, 7) is 4.52. The van der Waals surface area contributed by atoms with Crippen molar-refractivity contribution >= 4 is 11.9 Å². The first kappa shape index (κ1) is 44.4. The minimum Gasteiger partial charge on any atom is -0.481 e. The molecule has 0 fully saturated rings. The summed E-state index contributed by atoms with van der Waals surface area (Å²) in [6, 6.07) is 0. The maximum Gasteiger partial charge on any atom is 0.306 e. The van der Waals surface area contributed by atoms with E-state index in [2.05, 4.69) is 38.2 Å². The van der Waals surface area contributed by atoms with Gasteiger partial charge in [0.05, 0.1) is 0 Å². The highest BCUT2D eigenvalue weighted by Crippen LogP contribution is 2.18. The van der Waals surface area contributed by atoms with Crippen molar-refractivity contribution in [1.82, 2.24) is 0 Å². The molecule has 0 spiro atoms. The van der Waals surface area contributed by atoms with Crippen molar-refractivity contribution in [3.8, 4) is 0 Å². The number of esters is 1. The molecule has 0 saturated carbocycles. The van der Waals surface area contributed by atoms with E-state index in [9.17, 15) is 9.59 Å². The average molecular weight is 647 g/mol. The Balaban J connectivity index is 3.83. The van der Waals surface area contributed by atoms with Crippen molar-refractivity contribution < 1.29 is 19.4 Å². The molecule has 4 nitrogen and oxygen atoms in total. The van der Waals surface area contributed by atoms with Crippen LogP contribution >= 0.6 is 0 Å². The number of aliphatic carboxylic acids is 1. The molecule has 0 aliphatic carbocycles. The van der Waals surface area contributed by atoms with Crippen molar-refractivity contribution in [1.29, 1.82) is 0 Å². The van der Waals surface area contributed by atoms with E-state index in [1.165, 1.54) is 148 Å². The topological polar surface area (TPSA) is 63.6 Å². The van der Waals surface area contributed by atoms with E-state index < -0.39 is 5.97 Å². The van der Waals surface area contributed by atoms with Crippen LogP contribution < -0.4 is 0 Å². The molecule has 0 radical (unpaired) electrons. The molecule has 46 heavy (non-hydrogen) atoms. The third-order valence-corrected chi connectivity index (χ3v) is 9.18. The summed E-state index contributed by atoms with van der Waals surface area (Å²) in [7, 11) is 0. The van der Waals surface area contributed by atoms with E-state index in [1.807, 2.05) is 0 Å². The van der Waals surface area contributed by atoms with Crippen molar-refractivity contribution in [2.24, 2.45) is 0 Å². The monoisotopic (exact) mass is 647 g/mol. The number of ether oxygens (including phenoxy) is 1. The van der Waals surface area contributed by atoms with Crippen LogP contribution in [0.2, 0.25) is 0 Å². The lowest BCUT2D eigenvalue weighted by molar-refractivity contribution is -0.150. The molecular weight excluding hydrogens is 568 g/mol. The number of carboxylic acid groups (broad SMARTS) is 1. The summed E-state index contributed by atoms with van der Waals surface area (Å²) >= 11 is 0. The van der Waals surface area contributed by atoms with Crippen LogP contribution in [-0.2, 0) is 14.3 Å². The highest BCUT2D eigenvalue weighted by atomic mass is 16.5. The molecule has 0 bridgehead atoms. The van der Waals surface area contributed by atoms with Crippen molar-refractivity contribution in [3.05, 3.63) is 24.3 Å². The standard InChI is InChI=1S/C42H78O4/c1-3-5-7-9-11-13-15-17-18-19-20-21-22-23-25-27-29-31-33-39-42(45)46-40(37-34-35-38-41(43)44)36-32-30-28-26-24-16-14-12-10-8-6-4-2/h11,13,17-18,40H,3-10,12,14-16,19-39H2,1-2H3,(H,43,44)/b13-11-,18-17-. The highest BCUT2D eigenvalue weighted by molar-refractivity contribution is 5.69. The fourth-order valence-electron chi connectivity index (χ4n) is 6.16. The lowest BCUT2D eigenvalue weighted by Crippen LogP contribution is -2.18. The first-order valence-corrected chi connectivity index (χ1v) is 20.3. The fraction of sp³-hybridized carbons (Fsp3) is 0.857. The van der Waals surface area contributed by atoms with Gasteiger partial charge in [-0.2, -0.15) is 0 Å². The van der Waals surface area contributed by atoms with Crippen LogP contribution in [0, 0.1) is 0 Å². The Hall–Kier alpha value is -1.58. The zero-order valence-corrected chi connectivity index (χ0v) is 30.9. The number of carboxylic acids is 1. The van der Waals surface area contributed by atoms with Crippen LogP contribution in [0.1, 0.15) is 226 Å². The number of hydrogen-bond acceptors (Lipinski definition) is 3. The number of unbranched alkanes of at least 4 members (excludes halogenated alkanes) is 24. The Labute approximate surface area is 287 Å². The molecular formula is C42H78O4. The lowest BCUT2D eigenvalue weighted by atomic mass is 10.0. The minimum atomic E-state index is -0.741. The molecule has 1 N–H and O–H groups in total. The number of rotatable bonds is 37. The van der Waals surface area contributed by atoms with Crippen molar-refractivity contribution in [2.75, 3.05) is 0 Å². The van der Waals surface area contributed by atoms with Crippen molar-refractivity contribution in [3.63, 3.8) is 0 Å². The second-order valence-corrected chi connectivity index (χ2v) is 13.8. The molecule has 270 valence electrons. The third-order valence-electron chi connectivity index (χ3n) is 9.18. The smallest absolute Gasteiger partial charge is 0.306 e. The second-order valence-electron chi connectivity index (χ2n) is 13.8. The normalized spacial score (nSPS) is 12.4. The van der Waals surface area contributed by atoms with Crippen LogP contribution in [0.25, 0.3) is 0 Å². The van der Waals surface area contributed by atoms with E-state index >= 15 is 0 Å². The predicted octanol–water partition coefficient (Wildman–Crippen LogP) is 14.0. The maximum atomic E-state index is 12.6. The molecule has 0 aromatic heterocycles. The van der Waals surface area contributed by atoms with Gasteiger partial charge in [0.25, 0.3) is 0 Å². The molecule has 0 saturated heterocycles. The first-order chi connectivity index (χ1) is 22.6. The van der Waals surface area contributed by atoms with Gasteiger partial charge in [0, 0.05) is 12.8 Å². The molecule has 0 amide bonds. The van der Waals surface area contributed by atoms with Gasteiger partial charge in [-0.3, -0.25) is 9.59 Å². The second kappa shape index (κ2) is 37.9. The number of carbonyl (C=O) groups excluding carboxylic acids is 1. The molecule has 0 aliphatic rings. The Kier molecular flexibility index (Phi) is 36.6. The minimum absolute atomic E-state index is 0.0444. The van der Waals surface area contributed by atoms with Gasteiger partial charge in [0.1, 0.15) is 6.10 Å². The summed E-state index contributed by atoms with van der Waals surface area (Å²) in [5, 5.41) is 8.95. The largest absolute Gasteiger partial charge is 0.481 e. The van der Waals surface area contributed by atoms with E-state index in [0.717, 1.165) is 44.9 Å². The lowest BCUT2D eigenvalue weighted by Gasteiger charge is -2.18. The van der Waals surface area contributed by atoms with Crippen LogP contribution in [0.15, 0.2) is 24.3 Å². The molecule has 0 aromatic rings. The molecule has 0 aliphatic heterocycles. The van der Waals surface area contributed by atoms with Crippen molar-refractivity contribution in [2.45, 2.75) is 232 Å². The molecule has 1 atom stereocenters. The van der Waals surface area contributed by atoms with E-state index in [0.29, 0.717) is 12.8 Å². The average Bonchev–Trinajstić information content (AvgIpc) is 3.04. The van der Waals surface area contributed by atoms with E-state index in [-0.39, 0.29) is 18.5 Å². The molecule has 4 heteroatoms. The number of carbonyl (C=O) groups is 2. The third kappa shape index (κ3) is 36.9. The van der Waals surface area contributed by atoms with Crippen LogP contribution in [-0.4, -0.2) is 23.1 Å². The Morgan fingerprint density at radius 1 is 0.478 bits per heavy atom. The van der Waals surface area contributed by atoms with Crippen LogP contribution in [0.4, 0.5) is 0 Å². The van der Waals surface area contributed by atoms with E-state index in [1.54, 1.807) is 0 Å². The van der Waals surface area contributed by atoms with Gasteiger partial charge in [-0.1, -0.05) is 167 Å². The molecule has 0 heterocycles. The van der Waals surface area contributed by atoms with Crippen LogP contribution in [0.5, 0.6) is 0 Å². The Morgan fingerprint density at radius 3 is 1.35 bits per heavy atom. The summed E-state index contributed by atoms with van der Waals surface area (Å²) in [5.41, 5.74) is 0. The van der Waals surface area contributed by atoms with Gasteiger partial charge >= 0.3 is 11.9 Å². The Bertz CT molecular complexity index is 698. The van der Waals surface area contributed by atoms with Crippen LogP contribution in [0.3, 0.4) is 0 Å². The maximum absolute atomic E-state index is 12.6. The van der Waals surface area contributed by atoms with Gasteiger partial charge in [-0.05, 0) is 70.6 Å². The van der Waals surface area contributed by atoms with Gasteiger partial charge in [0.2, 0.25) is 0 Å². The van der Waals surface area contributed by atoms with E-state index in [4.69, 9.17) is 9.84 Å². The summed E-state index contributed by atoms with van der Waals surface area (Å²) < 4.78 is 5.90. The fourth-order valence-corrected chi connectivity index (χ4v) is 6.16. The zero-order valence-electron chi connectivity index (χ0n) is 30.9. The first-order valence-electron chi connectivity index (χ1n) is 20.3. The van der Waals surface area contributed by atoms with Gasteiger partial charge in [-0.15, -0.1) is 0 Å².